The van der Waals surface area contributed by atoms with Gasteiger partial charge in [-0.05, 0) is 17.7 Å². The highest BCUT2D eigenvalue weighted by Crippen LogP contribution is 2.18. The van der Waals surface area contributed by atoms with E-state index in [0.717, 1.165) is 50.4 Å². The number of para-hydroxylation sites is 1. The van der Waals surface area contributed by atoms with Crippen LogP contribution in [0.4, 0.5) is 5.69 Å². The largest absolute Gasteiger partial charge is 0.343 e. The molecule has 0 radical (unpaired) electrons. The highest BCUT2D eigenvalue weighted by molar-refractivity contribution is 5.93. The van der Waals surface area contributed by atoms with E-state index in [1.807, 2.05) is 65.6 Å². The van der Waals surface area contributed by atoms with Crippen molar-refractivity contribution in [1.29, 1.82) is 0 Å². The smallest absolute Gasteiger partial charge is 0.228 e. The first-order valence-corrected chi connectivity index (χ1v) is 9.07. The average molecular weight is 351 g/mol. The number of carbonyl (C=O) groups excluding carboxylic acids is 2. The van der Waals surface area contributed by atoms with Crippen molar-refractivity contribution in [3.05, 3.63) is 66.2 Å². The van der Waals surface area contributed by atoms with E-state index >= 15 is 0 Å². The normalized spacial score (nSPS) is 14.8. The Labute approximate surface area is 154 Å². The van der Waals surface area contributed by atoms with Crippen LogP contribution in [0.2, 0.25) is 0 Å². The molecule has 2 amide bonds. The van der Waals surface area contributed by atoms with Gasteiger partial charge in [0.05, 0.1) is 6.54 Å². The van der Waals surface area contributed by atoms with Crippen LogP contribution >= 0.6 is 0 Å². The second-order valence-corrected chi connectivity index (χ2v) is 6.53. The lowest BCUT2D eigenvalue weighted by molar-refractivity contribution is -0.121. The second-order valence-electron chi connectivity index (χ2n) is 6.53. The van der Waals surface area contributed by atoms with Crippen LogP contribution in [0.25, 0.3) is 0 Å². The lowest BCUT2D eigenvalue weighted by Gasteiger charge is -2.33. The molecule has 0 N–H and O–H groups in total. The number of hydrogen-bond acceptors (Lipinski definition) is 3. The van der Waals surface area contributed by atoms with Crippen molar-refractivity contribution in [3.8, 4) is 0 Å². The lowest BCUT2D eigenvalue weighted by atomic mass is 10.1. The molecule has 5 nitrogen and oxygen atoms in total. The number of benzene rings is 2. The first-order chi connectivity index (χ1) is 12.8. The summed E-state index contributed by atoms with van der Waals surface area (Å²) in [7, 11) is 0. The maximum atomic E-state index is 12.9. The van der Waals surface area contributed by atoms with Crippen LogP contribution in [0.15, 0.2) is 60.7 Å². The molecule has 0 unspecified atom stereocenters. The van der Waals surface area contributed by atoms with E-state index in [-0.39, 0.29) is 5.91 Å². The molecule has 0 aromatic heterocycles. The molecule has 1 saturated heterocycles. The summed E-state index contributed by atoms with van der Waals surface area (Å²) in [6.07, 6.45) is 1.38. The van der Waals surface area contributed by atoms with Crippen molar-refractivity contribution >= 4 is 18.0 Å². The monoisotopic (exact) mass is 351 g/mol. The first kappa shape index (κ1) is 18.1. The molecule has 1 aliphatic rings. The Hall–Kier alpha value is -2.66. The molecule has 2 aromatic rings. The summed E-state index contributed by atoms with van der Waals surface area (Å²) >= 11 is 0. The molecule has 0 bridgehead atoms. The van der Waals surface area contributed by atoms with Gasteiger partial charge in [-0.2, -0.15) is 0 Å². The Balaban J connectivity index is 1.62. The summed E-state index contributed by atoms with van der Waals surface area (Å²) in [5.41, 5.74) is 2.04. The SMILES string of the molecule is O=CN1CCN(CCC(=O)N(Cc2ccccc2)c2ccccc2)CC1. The lowest BCUT2D eigenvalue weighted by Crippen LogP contribution is -2.46. The van der Waals surface area contributed by atoms with E-state index in [2.05, 4.69) is 4.90 Å². The van der Waals surface area contributed by atoms with Crippen LogP contribution < -0.4 is 4.90 Å². The molecule has 1 fully saturated rings. The molecule has 0 saturated carbocycles. The van der Waals surface area contributed by atoms with Gasteiger partial charge in [-0.3, -0.25) is 14.5 Å². The first-order valence-electron chi connectivity index (χ1n) is 9.07. The zero-order valence-corrected chi connectivity index (χ0v) is 15.0. The number of piperazine rings is 1. The van der Waals surface area contributed by atoms with Crippen LogP contribution in [0.1, 0.15) is 12.0 Å². The molecular formula is C21H25N3O2. The van der Waals surface area contributed by atoms with Gasteiger partial charge in [-0.1, -0.05) is 48.5 Å². The molecule has 5 heteroatoms. The van der Waals surface area contributed by atoms with Crippen molar-refractivity contribution in [3.63, 3.8) is 0 Å². The van der Waals surface area contributed by atoms with Gasteiger partial charge in [0, 0.05) is 44.8 Å². The molecule has 3 rings (SSSR count). The molecule has 2 aromatic carbocycles. The van der Waals surface area contributed by atoms with Gasteiger partial charge in [0.15, 0.2) is 0 Å². The van der Waals surface area contributed by atoms with Crippen LogP contribution in [0.3, 0.4) is 0 Å². The summed E-state index contributed by atoms with van der Waals surface area (Å²) in [6, 6.07) is 19.9. The summed E-state index contributed by atoms with van der Waals surface area (Å²) in [5.74, 6) is 0.123. The van der Waals surface area contributed by atoms with Crippen molar-refractivity contribution in [1.82, 2.24) is 9.80 Å². The molecular weight excluding hydrogens is 326 g/mol. The van der Waals surface area contributed by atoms with Gasteiger partial charge in [-0.15, -0.1) is 0 Å². The highest BCUT2D eigenvalue weighted by Gasteiger charge is 2.19. The van der Waals surface area contributed by atoms with Gasteiger partial charge in [-0.25, -0.2) is 0 Å². The van der Waals surface area contributed by atoms with Crippen molar-refractivity contribution in [2.45, 2.75) is 13.0 Å². The molecule has 1 heterocycles. The number of rotatable bonds is 7. The molecule has 0 spiro atoms. The fourth-order valence-electron chi connectivity index (χ4n) is 3.18. The quantitative estimate of drug-likeness (QED) is 0.720. The highest BCUT2D eigenvalue weighted by atomic mass is 16.2. The number of nitrogens with zero attached hydrogens (tertiary/aromatic N) is 3. The zero-order valence-electron chi connectivity index (χ0n) is 15.0. The Morgan fingerprint density at radius 2 is 1.54 bits per heavy atom. The van der Waals surface area contributed by atoms with E-state index in [4.69, 9.17) is 0 Å². The zero-order chi connectivity index (χ0) is 18.2. The summed E-state index contributed by atoms with van der Waals surface area (Å²) in [5, 5.41) is 0. The van der Waals surface area contributed by atoms with Crippen LogP contribution in [0.5, 0.6) is 0 Å². The van der Waals surface area contributed by atoms with Crippen LogP contribution in [-0.4, -0.2) is 54.8 Å². The third-order valence-corrected chi connectivity index (χ3v) is 4.75. The Morgan fingerprint density at radius 3 is 2.15 bits per heavy atom. The minimum atomic E-state index is 0.123. The number of hydrogen-bond donors (Lipinski definition) is 0. The Bertz CT molecular complexity index is 698. The third-order valence-electron chi connectivity index (χ3n) is 4.75. The predicted octanol–water partition coefficient (Wildman–Crippen LogP) is 2.38. The molecule has 136 valence electrons. The number of amides is 2. The fourth-order valence-corrected chi connectivity index (χ4v) is 3.18. The van der Waals surface area contributed by atoms with Crippen LogP contribution in [0, 0.1) is 0 Å². The summed E-state index contributed by atoms with van der Waals surface area (Å²) < 4.78 is 0. The maximum Gasteiger partial charge on any atom is 0.228 e. The van der Waals surface area contributed by atoms with E-state index in [9.17, 15) is 9.59 Å². The van der Waals surface area contributed by atoms with E-state index in [1.165, 1.54) is 0 Å². The standard InChI is InChI=1S/C21H25N3O2/c25-18-23-15-13-22(14-16-23)12-11-21(26)24(20-9-5-2-6-10-20)17-19-7-3-1-4-8-19/h1-10,18H,11-17H2. The Morgan fingerprint density at radius 1 is 0.923 bits per heavy atom. The second kappa shape index (κ2) is 9.15. The van der Waals surface area contributed by atoms with E-state index < -0.39 is 0 Å². The van der Waals surface area contributed by atoms with Crippen molar-refractivity contribution in [2.75, 3.05) is 37.6 Å². The molecule has 26 heavy (non-hydrogen) atoms. The van der Waals surface area contributed by atoms with Gasteiger partial charge in [0.2, 0.25) is 12.3 Å². The fraction of sp³-hybridized carbons (Fsp3) is 0.333. The summed E-state index contributed by atoms with van der Waals surface area (Å²) in [6.45, 7) is 4.44. The molecule has 0 atom stereocenters. The minimum Gasteiger partial charge on any atom is -0.343 e. The average Bonchev–Trinajstić information content (AvgIpc) is 2.72. The van der Waals surface area contributed by atoms with E-state index in [1.54, 1.807) is 4.90 Å². The summed E-state index contributed by atoms with van der Waals surface area (Å²) in [4.78, 5) is 29.6. The van der Waals surface area contributed by atoms with Gasteiger partial charge >= 0.3 is 0 Å². The van der Waals surface area contributed by atoms with Gasteiger partial charge in [0.1, 0.15) is 0 Å². The van der Waals surface area contributed by atoms with Gasteiger partial charge < -0.3 is 9.80 Å². The molecule has 1 aliphatic heterocycles. The topological polar surface area (TPSA) is 43.9 Å². The van der Waals surface area contributed by atoms with Crippen LogP contribution in [-0.2, 0) is 16.1 Å². The number of carbonyl (C=O) groups is 2. The molecule has 0 aliphatic carbocycles. The van der Waals surface area contributed by atoms with E-state index in [0.29, 0.717) is 13.0 Å². The number of anilines is 1. The predicted molar refractivity (Wildman–Crippen MR) is 103 cm³/mol. The van der Waals surface area contributed by atoms with Crippen molar-refractivity contribution in [2.24, 2.45) is 0 Å². The van der Waals surface area contributed by atoms with Crippen molar-refractivity contribution < 1.29 is 9.59 Å². The maximum absolute atomic E-state index is 12.9. The third kappa shape index (κ3) is 4.92. The minimum absolute atomic E-state index is 0.123. The Kier molecular flexibility index (Phi) is 6.39. The van der Waals surface area contributed by atoms with Gasteiger partial charge in [0.25, 0.3) is 0 Å².